The van der Waals surface area contributed by atoms with E-state index in [9.17, 15) is 13.5 Å². The quantitative estimate of drug-likeness (QED) is 0.147. The summed E-state index contributed by atoms with van der Waals surface area (Å²) in [5.41, 5.74) is 4.63. The van der Waals surface area contributed by atoms with Crippen LogP contribution < -0.4 is 14.4 Å². The highest BCUT2D eigenvalue weighted by Crippen LogP contribution is 2.36. The van der Waals surface area contributed by atoms with Crippen molar-refractivity contribution in [3.8, 4) is 23.0 Å². The first-order valence-electron chi connectivity index (χ1n) is 15.5. The number of nitrogens with zero attached hydrogens (tertiary/aromatic N) is 1. The van der Waals surface area contributed by atoms with Gasteiger partial charge in [-0.2, -0.15) is 0 Å². The summed E-state index contributed by atoms with van der Waals surface area (Å²) in [5, 5.41) is 10.7. The molecule has 0 saturated carbocycles. The summed E-state index contributed by atoms with van der Waals surface area (Å²) in [7, 11) is -3.59. The summed E-state index contributed by atoms with van der Waals surface area (Å²) in [6, 6.07) is 34.6. The molecule has 46 heavy (non-hydrogen) atoms. The van der Waals surface area contributed by atoms with Gasteiger partial charge in [-0.3, -0.25) is 0 Å². The van der Waals surface area contributed by atoms with E-state index < -0.39 is 9.84 Å². The van der Waals surface area contributed by atoms with Gasteiger partial charge in [0, 0.05) is 35.8 Å². The lowest BCUT2D eigenvalue weighted by Gasteiger charge is -2.27. The van der Waals surface area contributed by atoms with Gasteiger partial charge in [-0.1, -0.05) is 56.3 Å². The molecule has 0 bridgehead atoms. The lowest BCUT2D eigenvalue weighted by Crippen LogP contribution is -2.21. The zero-order valence-corrected chi connectivity index (χ0v) is 27.8. The lowest BCUT2D eigenvalue weighted by atomic mass is 9.77. The zero-order chi connectivity index (χ0) is 32.9. The number of rotatable bonds is 12. The van der Waals surface area contributed by atoms with Crippen LogP contribution in [-0.2, 0) is 21.9 Å². The van der Waals surface area contributed by atoms with Crippen molar-refractivity contribution in [2.24, 2.45) is 0 Å². The number of benzene rings is 5. The monoisotopic (exact) mass is 635 g/mol. The third kappa shape index (κ3) is 7.05. The summed E-state index contributed by atoms with van der Waals surface area (Å²) in [4.78, 5) is 2.74. The molecule has 0 aliphatic carbocycles. The van der Waals surface area contributed by atoms with Crippen LogP contribution in [0.5, 0.6) is 23.0 Å². The van der Waals surface area contributed by atoms with E-state index in [0.29, 0.717) is 11.5 Å². The SMILES string of the molecule is CCN(CC)c1ccc(C)c(OCc2cc(C(C)(C)c3ccc(Oc4ccc(S(=O)(=O)c5ccccc5)cc4)cc3)ccc2O)c1. The Hall–Kier alpha value is -4.75. The van der Waals surface area contributed by atoms with Gasteiger partial charge in [0.15, 0.2) is 0 Å². The van der Waals surface area contributed by atoms with Gasteiger partial charge in [0.25, 0.3) is 0 Å². The van der Waals surface area contributed by atoms with Crippen LogP contribution in [0.15, 0.2) is 125 Å². The van der Waals surface area contributed by atoms with Crippen molar-refractivity contribution < 1.29 is 23.0 Å². The van der Waals surface area contributed by atoms with Crippen molar-refractivity contribution in [2.45, 2.75) is 56.4 Å². The number of phenolic OH excluding ortho intramolecular Hbond substituents is 1. The average molecular weight is 636 g/mol. The number of aromatic hydroxyl groups is 1. The number of hydrogen-bond donors (Lipinski definition) is 1. The molecule has 5 aromatic carbocycles. The Balaban J connectivity index is 1.28. The number of ether oxygens (including phenoxy) is 2. The van der Waals surface area contributed by atoms with Gasteiger partial charge in [0.2, 0.25) is 9.84 Å². The first-order chi connectivity index (χ1) is 22.0. The molecule has 5 rings (SSSR count). The first-order valence-corrected chi connectivity index (χ1v) is 17.0. The molecule has 1 N–H and O–H groups in total. The predicted octanol–water partition coefficient (Wildman–Crippen LogP) is 9.08. The first kappa shape index (κ1) is 32.6. The van der Waals surface area contributed by atoms with Crippen LogP contribution in [-0.4, -0.2) is 26.6 Å². The highest BCUT2D eigenvalue weighted by Gasteiger charge is 2.25. The van der Waals surface area contributed by atoms with Crippen LogP contribution in [0.25, 0.3) is 0 Å². The van der Waals surface area contributed by atoms with Gasteiger partial charge in [0.1, 0.15) is 29.6 Å². The van der Waals surface area contributed by atoms with Crippen LogP contribution in [0.1, 0.15) is 49.9 Å². The molecule has 238 valence electrons. The summed E-state index contributed by atoms with van der Waals surface area (Å²) in [6.07, 6.45) is 0. The fourth-order valence-corrected chi connectivity index (χ4v) is 6.72. The Morgan fingerprint density at radius 3 is 1.93 bits per heavy atom. The molecule has 0 amide bonds. The molecule has 0 fully saturated rings. The highest BCUT2D eigenvalue weighted by molar-refractivity contribution is 7.91. The van der Waals surface area contributed by atoms with E-state index in [4.69, 9.17) is 9.47 Å². The van der Waals surface area contributed by atoms with Gasteiger partial charge in [-0.15, -0.1) is 0 Å². The number of aryl methyl sites for hydroxylation is 1. The Kier molecular flexibility index (Phi) is 9.73. The Morgan fingerprint density at radius 1 is 0.717 bits per heavy atom. The number of phenols is 1. The second kappa shape index (κ2) is 13.7. The van der Waals surface area contributed by atoms with E-state index in [1.165, 1.54) is 0 Å². The molecule has 0 radical (unpaired) electrons. The molecular weight excluding hydrogens is 594 g/mol. The van der Waals surface area contributed by atoms with Gasteiger partial charge in [-0.05, 0) is 104 Å². The summed E-state index contributed by atoms with van der Waals surface area (Å²) in [5.74, 6) is 2.18. The van der Waals surface area contributed by atoms with E-state index in [1.54, 1.807) is 60.7 Å². The van der Waals surface area contributed by atoms with Crippen LogP contribution in [0.2, 0.25) is 0 Å². The second-order valence-corrected chi connectivity index (χ2v) is 13.7. The van der Waals surface area contributed by atoms with Crippen LogP contribution in [0.4, 0.5) is 5.69 Å². The molecule has 6 nitrogen and oxygen atoms in total. The zero-order valence-electron chi connectivity index (χ0n) is 27.0. The van der Waals surface area contributed by atoms with Crippen molar-refractivity contribution >= 4 is 15.5 Å². The summed E-state index contributed by atoms with van der Waals surface area (Å²) >= 11 is 0. The average Bonchev–Trinajstić information content (AvgIpc) is 3.07. The number of anilines is 1. The largest absolute Gasteiger partial charge is 0.508 e. The second-order valence-electron chi connectivity index (χ2n) is 11.8. The molecule has 0 saturated heterocycles. The third-order valence-corrected chi connectivity index (χ3v) is 10.3. The van der Waals surface area contributed by atoms with Gasteiger partial charge < -0.3 is 19.5 Å². The van der Waals surface area contributed by atoms with Gasteiger partial charge in [0.05, 0.1) is 9.79 Å². The van der Waals surface area contributed by atoms with Gasteiger partial charge >= 0.3 is 0 Å². The van der Waals surface area contributed by atoms with E-state index in [-0.39, 0.29) is 27.6 Å². The van der Waals surface area contributed by atoms with Crippen molar-refractivity contribution in [2.75, 3.05) is 18.0 Å². The standard InChI is InChI=1S/C39H41NO5S/c1-6-40(7-2)32-17-13-28(3)38(26-32)44-27-29-25-31(16-24-37(29)41)39(4,5)30-14-18-33(19-15-30)45-34-20-22-36(23-21-34)46(42,43)35-11-9-8-10-12-35/h8-26,41H,6-7,27H2,1-5H3. The van der Waals surface area contributed by atoms with Crippen molar-refractivity contribution in [3.05, 3.63) is 138 Å². The van der Waals surface area contributed by atoms with E-state index in [2.05, 4.69) is 50.8 Å². The van der Waals surface area contributed by atoms with Crippen LogP contribution >= 0.6 is 0 Å². The van der Waals surface area contributed by atoms with Crippen molar-refractivity contribution in [1.82, 2.24) is 0 Å². The molecule has 0 aromatic heterocycles. The summed E-state index contributed by atoms with van der Waals surface area (Å²) in [6.45, 7) is 12.7. The fourth-order valence-electron chi connectivity index (χ4n) is 5.44. The molecule has 0 unspecified atom stereocenters. The molecule has 0 atom stereocenters. The van der Waals surface area contributed by atoms with E-state index in [1.807, 2.05) is 43.3 Å². The predicted molar refractivity (Wildman–Crippen MR) is 184 cm³/mol. The minimum atomic E-state index is -3.59. The molecule has 0 spiro atoms. The topological polar surface area (TPSA) is 76.1 Å². The Labute approximate surface area is 272 Å². The Morgan fingerprint density at radius 2 is 1.30 bits per heavy atom. The maximum absolute atomic E-state index is 12.9. The van der Waals surface area contributed by atoms with Crippen molar-refractivity contribution in [1.29, 1.82) is 0 Å². The number of sulfone groups is 1. The highest BCUT2D eigenvalue weighted by atomic mass is 32.2. The van der Waals surface area contributed by atoms with Gasteiger partial charge in [-0.25, -0.2) is 8.42 Å². The van der Waals surface area contributed by atoms with Crippen molar-refractivity contribution in [3.63, 3.8) is 0 Å². The molecular formula is C39H41NO5S. The third-order valence-electron chi connectivity index (χ3n) is 8.48. The number of hydrogen-bond acceptors (Lipinski definition) is 6. The smallest absolute Gasteiger partial charge is 0.206 e. The molecule has 5 aromatic rings. The molecule has 0 heterocycles. The van der Waals surface area contributed by atoms with Crippen LogP contribution in [0, 0.1) is 6.92 Å². The maximum Gasteiger partial charge on any atom is 0.206 e. The minimum absolute atomic E-state index is 0.198. The summed E-state index contributed by atoms with van der Waals surface area (Å²) < 4.78 is 38.1. The normalized spacial score (nSPS) is 11.7. The molecule has 7 heteroatoms. The molecule has 0 aliphatic rings. The maximum atomic E-state index is 12.9. The van der Waals surface area contributed by atoms with E-state index >= 15 is 0 Å². The lowest BCUT2D eigenvalue weighted by molar-refractivity contribution is 0.297. The molecule has 0 aliphatic heterocycles. The minimum Gasteiger partial charge on any atom is -0.508 e. The fraction of sp³-hybridized carbons (Fsp3) is 0.231. The van der Waals surface area contributed by atoms with E-state index in [0.717, 1.165) is 46.8 Å². The van der Waals surface area contributed by atoms with Crippen LogP contribution in [0.3, 0.4) is 0 Å². The Bertz CT molecular complexity index is 1880.